The Morgan fingerprint density at radius 1 is 0.506 bits per heavy atom. The van der Waals surface area contributed by atoms with Crippen molar-refractivity contribution in [3.05, 3.63) is 0 Å². The van der Waals surface area contributed by atoms with Crippen molar-refractivity contribution in [1.29, 1.82) is 0 Å². The molecule has 11 aliphatic rings. The van der Waals surface area contributed by atoms with Crippen LogP contribution in [0.2, 0.25) is 0 Å². The second-order valence-corrected chi connectivity index (χ2v) is 28.7. The predicted octanol–water partition coefficient (Wildman–Crippen LogP) is -4.07. The standard InChI is InChI=1S/C58H94O27/c1-52(2)29-7-11-55(5)30(8-12-58-31-15-53(3,22-61)13-14-57(31,23-78-58)32(63)16-56(55,58)6)54(29,4)10-9-33(52)83-50-45(85-49-44(74)40(70)36(66)26(18-60)80-49)38(68)28(21-77-50)82-51-46(84-48-42(72)34(64)24(62)19-75-48)41(71)37(67)27(81-51)20-76-47-43(73)39(69)35(65)25(17-59)79-47/h22,24-51,59-60,62-74H,7-21,23H2,1-6H3/t24-,25+,26+,27+,28-,29-,30+,31+,32+,33-,34-,35+,36+,37+,38-,39-,40-,41-,42+,43+,44+,45+,46+,47+,48-,49-,50-,51-,53-,54-,55+,56-,57+,58-/m0/s1. The van der Waals surface area contributed by atoms with Crippen molar-refractivity contribution in [2.24, 2.45) is 50.2 Å². The molecule has 15 N–H and O–H groups in total. The molecule has 27 heteroatoms. The van der Waals surface area contributed by atoms with Crippen LogP contribution < -0.4 is 0 Å². The van der Waals surface area contributed by atoms with Crippen LogP contribution in [-0.4, -0.2) is 282 Å². The minimum atomic E-state index is -2.03. The number of carbonyl (C=O) groups is 1. The van der Waals surface area contributed by atoms with Gasteiger partial charge in [-0.15, -0.1) is 0 Å². The van der Waals surface area contributed by atoms with Gasteiger partial charge in [-0.1, -0.05) is 41.5 Å². The Morgan fingerprint density at radius 2 is 1.09 bits per heavy atom. The van der Waals surface area contributed by atoms with Gasteiger partial charge in [0.25, 0.3) is 0 Å². The molecule has 0 aromatic heterocycles. The van der Waals surface area contributed by atoms with E-state index in [2.05, 4.69) is 34.6 Å². The first kappa shape index (κ1) is 65.1. The van der Waals surface area contributed by atoms with Gasteiger partial charge in [0, 0.05) is 16.2 Å². The van der Waals surface area contributed by atoms with Crippen LogP contribution in [0.25, 0.3) is 0 Å². The fourth-order valence-corrected chi connectivity index (χ4v) is 18.8. The quantitative estimate of drug-likeness (QED) is 0.0581. The van der Waals surface area contributed by atoms with Gasteiger partial charge in [-0.3, -0.25) is 0 Å². The number of carbonyl (C=O) groups excluding carboxylic acids is 1. The van der Waals surface area contributed by atoms with Gasteiger partial charge in [-0.25, -0.2) is 0 Å². The fraction of sp³-hybridized carbons (Fsp3) is 0.983. The van der Waals surface area contributed by atoms with Gasteiger partial charge >= 0.3 is 0 Å². The average molecular weight is 1220 g/mol. The van der Waals surface area contributed by atoms with Crippen LogP contribution in [0, 0.1) is 50.2 Å². The molecule has 0 aromatic rings. The van der Waals surface area contributed by atoms with E-state index < -0.39 is 208 Å². The number of rotatable bonds is 14. The Morgan fingerprint density at radius 3 is 1.76 bits per heavy atom. The summed E-state index contributed by atoms with van der Waals surface area (Å²) in [6.07, 6.45) is -33.0. The average Bonchev–Trinajstić information content (AvgIpc) is 1.63. The zero-order valence-electron chi connectivity index (χ0n) is 49.2. The summed E-state index contributed by atoms with van der Waals surface area (Å²) in [7, 11) is 0. The summed E-state index contributed by atoms with van der Waals surface area (Å²) in [5, 5.41) is 164. The number of aliphatic hydroxyl groups is 15. The molecule has 488 valence electrons. The number of ether oxygens (including phenoxy) is 11. The topological polar surface area (TPSA) is 422 Å². The Bertz CT molecular complexity index is 2340. The molecule has 0 radical (unpaired) electrons. The molecule has 0 unspecified atom stereocenters. The minimum absolute atomic E-state index is 0.0423. The van der Waals surface area contributed by atoms with Gasteiger partial charge in [0.2, 0.25) is 0 Å². The molecule has 6 heterocycles. The third-order valence-corrected chi connectivity index (χ3v) is 24.0. The largest absolute Gasteiger partial charge is 0.394 e. The van der Waals surface area contributed by atoms with Gasteiger partial charge in [-0.2, -0.15) is 0 Å². The highest BCUT2D eigenvalue weighted by Crippen LogP contribution is 2.80. The van der Waals surface area contributed by atoms with E-state index in [-0.39, 0.29) is 34.0 Å². The summed E-state index contributed by atoms with van der Waals surface area (Å²) in [5.74, 6) is 0.330. The lowest BCUT2D eigenvalue weighted by Gasteiger charge is -2.75. The summed E-state index contributed by atoms with van der Waals surface area (Å²) in [4.78, 5) is 12.6. The van der Waals surface area contributed by atoms with Gasteiger partial charge in [-0.05, 0) is 98.2 Å². The van der Waals surface area contributed by atoms with Crippen molar-refractivity contribution >= 4 is 6.29 Å². The van der Waals surface area contributed by atoms with Crippen LogP contribution in [0.3, 0.4) is 0 Å². The smallest absolute Gasteiger partial charge is 0.187 e. The molecule has 6 saturated heterocycles. The van der Waals surface area contributed by atoms with Crippen molar-refractivity contribution in [2.75, 3.05) is 39.6 Å². The fourth-order valence-electron chi connectivity index (χ4n) is 18.8. The van der Waals surface area contributed by atoms with Crippen molar-refractivity contribution in [3.63, 3.8) is 0 Å². The monoisotopic (exact) mass is 1220 g/mol. The van der Waals surface area contributed by atoms with E-state index in [9.17, 15) is 81.4 Å². The second kappa shape index (κ2) is 23.6. The van der Waals surface area contributed by atoms with Crippen molar-refractivity contribution in [1.82, 2.24) is 0 Å². The summed E-state index contributed by atoms with van der Waals surface area (Å²) in [6.45, 7) is 10.6. The highest BCUT2D eigenvalue weighted by atomic mass is 16.8. The third kappa shape index (κ3) is 10.3. The van der Waals surface area contributed by atoms with E-state index in [1.54, 1.807) is 0 Å². The normalized spacial score (nSPS) is 57.6. The predicted molar refractivity (Wildman–Crippen MR) is 283 cm³/mol. The molecule has 1 spiro atoms. The summed E-state index contributed by atoms with van der Waals surface area (Å²) in [6, 6.07) is 0. The summed E-state index contributed by atoms with van der Waals surface area (Å²) in [5.41, 5.74) is -2.85. The molecule has 0 aromatic carbocycles. The Labute approximate surface area is 493 Å². The van der Waals surface area contributed by atoms with Gasteiger partial charge < -0.3 is 133 Å². The molecular formula is C58H94O27. The summed E-state index contributed by atoms with van der Waals surface area (Å²) < 4.78 is 67.8. The first-order valence-corrected chi connectivity index (χ1v) is 30.6. The zero-order valence-corrected chi connectivity index (χ0v) is 49.2. The first-order chi connectivity index (χ1) is 40.0. The van der Waals surface area contributed by atoms with E-state index in [1.165, 1.54) is 0 Å². The second-order valence-electron chi connectivity index (χ2n) is 28.7. The molecular weight excluding hydrogens is 1130 g/mol. The molecule has 27 nitrogen and oxygen atoms in total. The van der Waals surface area contributed by atoms with Crippen LogP contribution in [0.1, 0.15) is 106 Å². The molecule has 85 heavy (non-hydrogen) atoms. The van der Waals surface area contributed by atoms with E-state index in [4.69, 9.17) is 52.1 Å². The Kier molecular flexibility index (Phi) is 18.1. The van der Waals surface area contributed by atoms with Crippen LogP contribution in [0.5, 0.6) is 0 Å². The van der Waals surface area contributed by atoms with Crippen LogP contribution in [0.15, 0.2) is 0 Å². The van der Waals surface area contributed by atoms with E-state index in [0.717, 1.165) is 51.2 Å². The molecule has 11 rings (SSSR count). The van der Waals surface area contributed by atoms with E-state index in [1.807, 2.05) is 6.92 Å². The van der Waals surface area contributed by atoms with Gasteiger partial charge in [0.05, 0.1) is 57.5 Å². The highest BCUT2D eigenvalue weighted by Gasteiger charge is 2.80. The van der Waals surface area contributed by atoms with Crippen LogP contribution >= 0.6 is 0 Å². The van der Waals surface area contributed by atoms with Crippen LogP contribution in [-0.2, 0) is 56.9 Å². The minimum Gasteiger partial charge on any atom is -0.394 e. The molecule has 2 bridgehead atoms. The maximum atomic E-state index is 12.6. The van der Waals surface area contributed by atoms with Crippen molar-refractivity contribution < 1.29 is 133 Å². The summed E-state index contributed by atoms with van der Waals surface area (Å²) >= 11 is 0. The molecule has 34 atom stereocenters. The lowest BCUT2D eigenvalue weighted by atomic mass is 9.30. The highest BCUT2D eigenvalue weighted by molar-refractivity contribution is 5.59. The van der Waals surface area contributed by atoms with Crippen molar-refractivity contribution in [3.8, 4) is 0 Å². The molecule has 11 fully saturated rings. The molecule has 6 aliphatic heterocycles. The van der Waals surface area contributed by atoms with Crippen molar-refractivity contribution in [2.45, 2.75) is 265 Å². The number of hydrogen-bond donors (Lipinski definition) is 15. The Hall–Kier alpha value is -1.37. The Balaban J connectivity index is 0.849. The van der Waals surface area contributed by atoms with E-state index in [0.29, 0.717) is 25.9 Å². The molecule has 0 amide bonds. The maximum absolute atomic E-state index is 12.6. The lowest BCUT2D eigenvalue weighted by molar-refractivity contribution is -0.394. The lowest BCUT2D eigenvalue weighted by Crippen LogP contribution is -2.74. The van der Waals surface area contributed by atoms with Gasteiger partial charge in [0.1, 0.15) is 116 Å². The van der Waals surface area contributed by atoms with Crippen LogP contribution in [0.4, 0.5) is 0 Å². The van der Waals surface area contributed by atoms with E-state index >= 15 is 0 Å². The third-order valence-electron chi connectivity index (χ3n) is 24.0. The zero-order chi connectivity index (χ0) is 61.5. The number of aldehydes is 1. The SMILES string of the molecule is CC1(C)[C@@H](O[C@@H]2OC[C@H](O[C@@H]3O[C@H](CO[C@@H]4O[C@H](CO)[C@@H](O)[C@H](O)[C@H]4O)[C@@H](O)[C@H](O)[C@H]3O[C@@H]3OC[C@H](O)[C@H](O)[C@H]3O)[C@H](O)[C@H]2O[C@@H]2O[C@H](CO)[C@@H](O)[C@H](O)[C@H]2O)CC[C@]2(C)[C@H]3CC[C@]45OC[C@@]6(CC[C@](C)(C=O)C[C@H]64)[C@H](O)C[C@@]5(C)[C@]3(C)CC[C@@H]12. The maximum Gasteiger partial charge on any atom is 0.187 e. The first-order valence-electron chi connectivity index (χ1n) is 30.6. The number of aliphatic hydroxyl groups excluding tert-OH is 15. The molecule has 5 saturated carbocycles. The molecule has 5 aliphatic carbocycles. The number of hydrogen-bond acceptors (Lipinski definition) is 27. The number of fused-ring (bicyclic) bond motifs is 4. The van der Waals surface area contributed by atoms with Gasteiger partial charge in [0.15, 0.2) is 31.5 Å².